The zero-order valence-corrected chi connectivity index (χ0v) is 15.6. The van der Waals surface area contributed by atoms with Gasteiger partial charge < -0.3 is 0 Å². The minimum absolute atomic E-state index is 0.119. The molecule has 1 unspecified atom stereocenters. The summed E-state index contributed by atoms with van der Waals surface area (Å²) in [5, 5.41) is 14.3. The molecule has 5 nitrogen and oxygen atoms in total. The minimum atomic E-state index is -0.196. The van der Waals surface area contributed by atoms with Crippen LogP contribution in [0.3, 0.4) is 0 Å². The minimum Gasteiger partial charge on any atom is -0.293 e. The predicted molar refractivity (Wildman–Crippen MR) is 96.2 cm³/mol. The molecule has 8 heteroatoms. The van der Waals surface area contributed by atoms with Crippen molar-refractivity contribution in [1.82, 2.24) is 9.78 Å². The summed E-state index contributed by atoms with van der Waals surface area (Å²) >= 11 is 18.4. The van der Waals surface area contributed by atoms with Crippen molar-refractivity contribution >= 4 is 46.5 Å². The van der Waals surface area contributed by atoms with Gasteiger partial charge in [0.1, 0.15) is 11.6 Å². The van der Waals surface area contributed by atoms with Crippen LogP contribution < -0.4 is 4.90 Å². The second-order valence-corrected chi connectivity index (χ2v) is 6.41. The van der Waals surface area contributed by atoms with Crippen LogP contribution in [0, 0.1) is 11.3 Å². The Morgan fingerprint density at radius 3 is 2.58 bits per heavy atom. The maximum absolute atomic E-state index is 12.2. The molecule has 1 aromatic heterocycles. The van der Waals surface area contributed by atoms with E-state index in [-0.39, 0.29) is 27.6 Å². The lowest BCUT2D eigenvalue weighted by atomic mass is 10.2. The number of carbonyl (C=O) groups is 1. The lowest BCUT2D eigenvalue weighted by Gasteiger charge is -2.28. The summed E-state index contributed by atoms with van der Waals surface area (Å²) in [6.45, 7) is 5.30. The first kappa shape index (κ1) is 18.6. The Morgan fingerprint density at radius 2 is 2.04 bits per heavy atom. The molecule has 0 aliphatic heterocycles. The van der Waals surface area contributed by atoms with Crippen LogP contribution in [0.2, 0.25) is 15.1 Å². The Labute approximate surface area is 155 Å². The standard InChI is InChI=1S/C16H15Cl3N4O/c1-4-9(2)22(10(3)24)16-11(7-20)8-21-23(16)13-6-5-12(17)14(18)15(13)19/h5-6,8-9H,4H2,1-3H3. The molecule has 0 spiro atoms. The van der Waals surface area contributed by atoms with Crippen molar-refractivity contribution in [2.75, 3.05) is 4.90 Å². The van der Waals surface area contributed by atoms with Gasteiger partial charge in [0.25, 0.3) is 0 Å². The van der Waals surface area contributed by atoms with Crippen LogP contribution >= 0.6 is 34.8 Å². The van der Waals surface area contributed by atoms with Crippen LogP contribution in [0.1, 0.15) is 32.8 Å². The van der Waals surface area contributed by atoms with E-state index in [4.69, 9.17) is 34.8 Å². The summed E-state index contributed by atoms with van der Waals surface area (Å²) in [5.41, 5.74) is 0.713. The van der Waals surface area contributed by atoms with Gasteiger partial charge in [0.2, 0.25) is 5.91 Å². The van der Waals surface area contributed by atoms with Crippen LogP contribution in [0.15, 0.2) is 18.3 Å². The monoisotopic (exact) mass is 384 g/mol. The molecule has 0 fully saturated rings. The Hall–Kier alpha value is -1.74. The van der Waals surface area contributed by atoms with Crippen molar-refractivity contribution < 1.29 is 4.79 Å². The fourth-order valence-corrected chi connectivity index (χ4v) is 2.97. The number of amides is 1. The summed E-state index contributed by atoms with van der Waals surface area (Å²) < 4.78 is 1.44. The van der Waals surface area contributed by atoms with E-state index in [9.17, 15) is 10.1 Å². The average molecular weight is 386 g/mol. The number of halogens is 3. The summed E-state index contributed by atoms with van der Waals surface area (Å²) in [7, 11) is 0. The second-order valence-electron chi connectivity index (χ2n) is 5.25. The van der Waals surface area contributed by atoms with Gasteiger partial charge in [-0.3, -0.25) is 9.69 Å². The SMILES string of the molecule is CCC(C)N(C(C)=O)c1c(C#N)cnn1-c1ccc(Cl)c(Cl)c1Cl. The molecule has 0 N–H and O–H groups in total. The highest BCUT2D eigenvalue weighted by atomic mass is 35.5. The molecule has 0 saturated heterocycles. The number of nitriles is 1. The topological polar surface area (TPSA) is 61.9 Å². The van der Waals surface area contributed by atoms with Crippen molar-refractivity contribution in [2.24, 2.45) is 0 Å². The largest absolute Gasteiger partial charge is 0.293 e. The molecule has 2 aromatic rings. The van der Waals surface area contributed by atoms with Gasteiger partial charge in [-0.25, -0.2) is 4.68 Å². The fraction of sp³-hybridized carbons (Fsp3) is 0.312. The van der Waals surface area contributed by atoms with E-state index in [1.165, 1.54) is 22.7 Å². The van der Waals surface area contributed by atoms with Crippen LogP contribution in [-0.2, 0) is 4.79 Å². The number of nitrogens with zero attached hydrogens (tertiary/aromatic N) is 4. The zero-order chi connectivity index (χ0) is 18.0. The molecule has 1 amide bonds. The van der Waals surface area contributed by atoms with E-state index in [1.54, 1.807) is 12.1 Å². The number of rotatable bonds is 4. The molecule has 0 aliphatic carbocycles. The smallest absolute Gasteiger partial charge is 0.225 e. The molecule has 0 aliphatic rings. The molecule has 24 heavy (non-hydrogen) atoms. The summed E-state index contributed by atoms with van der Waals surface area (Å²) in [4.78, 5) is 13.7. The molecule has 1 aromatic carbocycles. The maximum Gasteiger partial charge on any atom is 0.225 e. The summed E-state index contributed by atoms with van der Waals surface area (Å²) in [6.07, 6.45) is 2.11. The Balaban J connectivity index is 2.75. The fourth-order valence-electron chi connectivity index (χ4n) is 2.36. The van der Waals surface area contributed by atoms with E-state index in [1.807, 2.05) is 13.8 Å². The number of carbonyl (C=O) groups excluding carboxylic acids is 1. The summed E-state index contributed by atoms with van der Waals surface area (Å²) in [6, 6.07) is 5.18. The number of anilines is 1. The van der Waals surface area contributed by atoms with Crippen LogP contribution in [-0.4, -0.2) is 21.7 Å². The van der Waals surface area contributed by atoms with Gasteiger partial charge >= 0.3 is 0 Å². The van der Waals surface area contributed by atoms with Crippen molar-refractivity contribution in [3.05, 3.63) is 39.0 Å². The number of hydrogen-bond donors (Lipinski definition) is 0. The highest BCUT2D eigenvalue weighted by Gasteiger charge is 2.27. The van der Waals surface area contributed by atoms with E-state index < -0.39 is 0 Å². The van der Waals surface area contributed by atoms with Crippen molar-refractivity contribution in [1.29, 1.82) is 5.26 Å². The highest BCUT2D eigenvalue weighted by molar-refractivity contribution is 6.48. The summed E-state index contributed by atoms with van der Waals surface area (Å²) in [5.74, 6) is 0.165. The van der Waals surface area contributed by atoms with Crippen LogP contribution in [0.25, 0.3) is 5.69 Å². The van der Waals surface area contributed by atoms with Gasteiger partial charge in [-0.1, -0.05) is 41.7 Å². The zero-order valence-electron chi connectivity index (χ0n) is 13.3. The van der Waals surface area contributed by atoms with E-state index in [0.717, 1.165) is 0 Å². The van der Waals surface area contributed by atoms with E-state index in [2.05, 4.69) is 11.2 Å². The Kier molecular flexibility index (Phi) is 5.76. The first-order chi connectivity index (χ1) is 11.3. The highest BCUT2D eigenvalue weighted by Crippen LogP contribution is 2.37. The molecule has 0 saturated carbocycles. The number of aromatic nitrogens is 2. The Bertz CT molecular complexity index is 825. The lowest BCUT2D eigenvalue weighted by molar-refractivity contribution is -0.117. The lowest BCUT2D eigenvalue weighted by Crippen LogP contribution is -2.38. The quantitative estimate of drug-likeness (QED) is 0.706. The maximum atomic E-state index is 12.2. The third-order valence-corrected chi connectivity index (χ3v) is 4.99. The molecular weight excluding hydrogens is 371 g/mol. The molecule has 2 rings (SSSR count). The van der Waals surface area contributed by atoms with E-state index in [0.29, 0.717) is 22.9 Å². The van der Waals surface area contributed by atoms with Gasteiger partial charge in [0, 0.05) is 13.0 Å². The normalized spacial score (nSPS) is 11.9. The third kappa shape index (κ3) is 3.23. The van der Waals surface area contributed by atoms with Crippen molar-refractivity contribution in [3.8, 4) is 11.8 Å². The molecule has 1 atom stereocenters. The Morgan fingerprint density at radius 1 is 1.38 bits per heavy atom. The molecular formula is C16H15Cl3N4O. The van der Waals surface area contributed by atoms with Crippen molar-refractivity contribution in [2.45, 2.75) is 33.2 Å². The first-order valence-corrected chi connectivity index (χ1v) is 8.38. The number of hydrogen-bond acceptors (Lipinski definition) is 3. The van der Waals surface area contributed by atoms with Crippen molar-refractivity contribution in [3.63, 3.8) is 0 Å². The average Bonchev–Trinajstić information content (AvgIpc) is 2.96. The first-order valence-electron chi connectivity index (χ1n) is 7.25. The van der Waals surface area contributed by atoms with E-state index >= 15 is 0 Å². The number of benzene rings is 1. The van der Waals surface area contributed by atoms with Crippen LogP contribution in [0.5, 0.6) is 0 Å². The second kappa shape index (κ2) is 7.43. The van der Waals surface area contributed by atoms with Crippen LogP contribution in [0.4, 0.5) is 5.82 Å². The molecule has 0 bridgehead atoms. The van der Waals surface area contributed by atoms with Gasteiger partial charge in [0.15, 0.2) is 5.82 Å². The molecule has 0 radical (unpaired) electrons. The molecule has 1 heterocycles. The van der Waals surface area contributed by atoms with Gasteiger partial charge in [-0.05, 0) is 25.5 Å². The predicted octanol–water partition coefficient (Wildman–Crippen LogP) is 4.86. The van der Waals surface area contributed by atoms with Gasteiger partial charge in [-0.2, -0.15) is 10.4 Å². The van der Waals surface area contributed by atoms with Gasteiger partial charge in [-0.15, -0.1) is 0 Å². The molecule has 126 valence electrons. The third-order valence-electron chi connectivity index (χ3n) is 3.71. The van der Waals surface area contributed by atoms with Gasteiger partial charge in [0.05, 0.1) is 27.0 Å².